The summed E-state index contributed by atoms with van der Waals surface area (Å²) in [4.78, 5) is 19.2. The number of hydrogen-bond donors (Lipinski definition) is 0. The third kappa shape index (κ3) is 4.02. The summed E-state index contributed by atoms with van der Waals surface area (Å²) in [6, 6.07) is 12.0. The third-order valence-electron chi connectivity index (χ3n) is 6.27. The van der Waals surface area contributed by atoms with Crippen molar-refractivity contribution in [1.29, 1.82) is 0 Å². The summed E-state index contributed by atoms with van der Waals surface area (Å²) in [6.45, 7) is 0.738. The highest BCUT2D eigenvalue weighted by atomic mass is 16.4. The quantitative estimate of drug-likeness (QED) is 0.444. The Morgan fingerprint density at radius 1 is 1.16 bits per heavy atom. The van der Waals surface area contributed by atoms with Gasteiger partial charge in [0.15, 0.2) is 0 Å². The molecule has 0 N–H and O–H groups in total. The van der Waals surface area contributed by atoms with Gasteiger partial charge in [-0.15, -0.1) is 10.2 Å². The largest absolute Gasteiger partial charge is 0.418 e. The first-order chi connectivity index (χ1) is 15.7. The van der Waals surface area contributed by atoms with E-state index in [2.05, 4.69) is 57.3 Å². The van der Waals surface area contributed by atoms with E-state index in [4.69, 9.17) is 4.42 Å². The summed E-state index contributed by atoms with van der Waals surface area (Å²) < 4.78 is 8.11. The van der Waals surface area contributed by atoms with Crippen LogP contribution in [0.2, 0.25) is 0 Å². The van der Waals surface area contributed by atoms with Crippen molar-refractivity contribution in [3.63, 3.8) is 0 Å². The lowest BCUT2D eigenvalue weighted by Gasteiger charge is -2.33. The molecule has 7 heteroatoms. The number of rotatable bonds is 6. The topological polar surface area (TPSA) is 77.1 Å². The van der Waals surface area contributed by atoms with E-state index >= 15 is 0 Å². The number of carbonyl (C=O) groups is 1. The van der Waals surface area contributed by atoms with Gasteiger partial charge in [0.2, 0.25) is 17.7 Å². The second-order valence-electron chi connectivity index (χ2n) is 8.42. The number of fused-ring (bicyclic) bond motifs is 1. The van der Waals surface area contributed by atoms with Gasteiger partial charge in [-0.3, -0.25) is 9.78 Å². The number of nitrogens with zero attached hydrogens (tertiary/aromatic N) is 5. The summed E-state index contributed by atoms with van der Waals surface area (Å²) in [5, 5.41) is 9.73. The lowest BCUT2D eigenvalue weighted by molar-refractivity contribution is -0.135. The first-order valence-corrected chi connectivity index (χ1v) is 11.3. The Morgan fingerprint density at radius 3 is 2.94 bits per heavy atom. The van der Waals surface area contributed by atoms with Crippen LogP contribution in [0, 0.1) is 0 Å². The molecule has 1 amide bonds. The second kappa shape index (κ2) is 8.94. The normalized spacial score (nSPS) is 16.5. The maximum atomic E-state index is 13.1. The molecule has 0 radical (unpaired) electrons. The molecular weight excluding hydrogens is 402 g/mol. The average Bonchev–Trinajstić information content (AvgIpc) is 3.45. The third-order valence-corrected chi connectivity index (χ3v) is 6.27. The van der Waals surface area contributed by atoms with Crippen molar-refractivity contribution in [3.05, 3.63) is 66.4 Å². The summed E-state index contributed by atoms with van der Waals surface area (Å²) >= 11 is 0. The van der Waals surface area contributed by atoms with Crippen LogP contribution >= 0.6 is 0 Å². The number of likely N-dealkylation sites (tertiary alicyclic amines) is 1. The molecule has 5 rings (SSSR count). The molecule has 4 heterocycles. The van der Waals surface area contributed by atoms with Crippen LogP contribution in [0.4, 0.5) is 0 Å². The number of carbonyl (C=O) groups excluding carboxylic acids is 1. The molecule has 0 spiro atoms. The molecule has 4 aromatic rings. The Hall–Kier alpha value is -3.48. The Kier molecular flexibility index (Phi) is 5.71. The van der Waals surface area contributed by atoms with Gasteiger partial charge >= 0.3 is 0 Å². The monoisotopic (exact) mass is 429 g/mol. The standard InChI is InChI=1S/C25H27N5O2/c1-29-17-19(20-10-2-3-11-21(20)29)8-6-13-23(31)30-15-5-4-12-22(30)25-28-27-24(32-25)18-9-7-14-26-16-18/h2-3,7,9-11,14,16-17,22H,4-6,8,12-13,15H2,1H3. The fraction of sp³-hybridized carbons (Fsp3) is 0.360. The lowest BCUT2D eigenvalue weighted by Crippen LogP contribution is -2.38. The molecule has 1 aliphatic rings. The molecular formula is C25H27N5O2. The van der Waals surface area contributed by atoms with Crippen molar-refractivity contribution in [1.82, 2.24) is 24.6 Å². The van der Waals surface area contributed by atoms with Gasteiger partial charge in [0, 0.05) is 49.5 Å². The first-order valence-electron chi connectivity index (χ1n) is 11.3. The number of aromatic nitrogens is 4. The van der Waals surface area contributed by atoms with Crippen molar-refractivity contribution in [2.75, 3.05) is 6.54 Å². The predicted octanol–water partition coefficient (Wildman–Crippen LogP) is 4.70. The fourth-order valence-corrected chi connectivity index (χ4v) is 4.66. The molecule has 1 saturated heterocycles. The van der Waals surface area contributed by atoms with Crippen LogP contribution in [0.15, 0.2) is 59.4 Å². The molecule has 7 nitrogen and oxygen atoms in total. The van der Waals surface area contributed by atoms with Gasteiger partial charge in [-0.1, -0.05) is 18.2 Å². The number of benzene rings is 1. The fourth-order valence-electron chi connectivity index (χ4n) is 4.66. The Labute approximate surface area is 187 Å². The number of piperidine rings is 1. The number of hydrogen-bond acceptors (Lipinski definition) is 5. The van der Waals surface area contributed by atoms with Crippen LogP contribution < -0.4 is 0 Å². The van der Waals surface area contributed by atoms with Crippen LogP contribution in [-0.4, -0.2) is 37.1 Å². The van der Waals surface area contributed by atoms with E-state index in [1.165, 1.54) is 16.5 Å². The molecule has 1 aliphatic heterocycles. The van der Waals surface area contributed by atoms with Crippen LogP contribution in [0.1, 0.15) is 49.6 Å². The predicted molar refractivity (Wildman–Crippen MR) is 122 cm³/mol. The minimum atomic E-state index is -0.147. The molecule has 0 saturated carbocycles. The maximum absolute atomic E-state index is 13.1. The van der Waals surface area contributed by atoms with Crippen LogP contribution in [0.25, 0.3) is 22.4 Å². The molecule has 32 heavy (non-hydrogen) atoms. The lowest BCUT2D eigenvalue weighted by atomic mass is 10.0. The number of aryl methyl sites for hydroxylation is 2. The highest BCUT2D eigenvalue weighted by molar-refractivity contribution is 5.84. The highest BCUT2D eigenvalue weighted by Gasteiger charge is 2.31. The zero-order valence-corrected chi connectivity index (χ0v) is 18.3. The first kappa shape index (κ1) is 20.4. The van der Waals surface area contributed by atoms with Crippen LogP contribution in [0.5, 0.6) is 0 Å². The molecule has 1 fully saturated rings. The van der Waals surface area contributed by atoms with E-state index in [-0.39, 0.29) is 11.9 Å². The smallest absolute Gasteiger partial charge is 0.249 e. The van der Waals surface area contributed by atoms with Crippen LogP contribution in [-0.2, 0) is 18.3 Å². The van der Waals surface area contributed by atoms with Crippen LogP contribution in [0.3, 0.4) is 0 Å². The minimum absolute atomic E-state index is 0.147. The summed E-state index contributed by atoms with van der Waals surface area (Å²) in [5.74, 6) is 1.13. The van der Waals surface area contributed by atoms with Gasteiger partial charge in [0.05, 0.1) is 5.56 Å². The molecule has 3 aromatic heterocycles. The van der Waals surface area contributed by atoms with E-state index in [1.807, 2.05) is 17.0 Å². The van der Waals surface area contributed by atoms with Gasteiger partial charge in [0.1, 0.15) is 6.04 Å². The zero-order valence-electron chi connectivity index (χ0n) is 18.3. The molecule has 1 unspecified atom stereocenters. The van der Waals surface area contributed by atoms with Crippen molar-refractivity contribution >= 4 is 16.8 Å². The summed E-state index contributed by atoms with van der Waals surface area (Å²) in [7, 11) is 2.07. The zero-order chi connectivity index (χ0) is 21.9. The Balaban J connectivity index is 1.26. The van der Waals surface area contributed by atoms with Gasteiger partial charge in [-0.2, -0.15) is 0 Å². The average molecular weight is 430 g/mol. The van der Waals surface area contributed by atoms with E-state index in [0.717, 1.165) is 44.2 Å². The van der Waals surface area contributed by atoms with Gasteiger partial charge in [-0.05, 0) is 55.9 Å². The number of amides is 1. The molecule has 0 bridgehead atoms. The van der Waals surface area contributed by atoms with Gasteiger partial charge in [0.25, 0.3) is 0 Å². The maximum Gasteiger partial charge on any atom is 0.249 e. The number of pyridine rings is 1. The molecule has 0 aliphatic carbocycles. The van der Waals surface area contributed by atoms with E-state index in [9.17, 15) is 4.79 Å². The van der Waals surface area contributed by atoms with Crippen molar-refractivity contribution in [2.24, 2.45) is 7.05 Å². The van der Waals surface area contributed by atoms with E-state index < -0.39 is 0 Å². The highest BCUT2D eigenvalue weighted by Crippen LogP contribution is 2.32. The molecule has 164 valence electrons. The molecule has 1 atom stereocenters. The summed E-state index contributed by atoms with van der Waals surface area (Å²) in [6.07, 6.45) is 10.7. The SMILES string of the molecule is Cn1cc(CCCC(=O)N2CCCCC2c2nnc(-c3cccnc3)o2)c2ccccc21. The van der Waals surface area contributed by atoms with Gasteiger partial charge in [-0.25, -0.2) is 0 Å². The minimum Gasteiger partial charge on any atom is -0.418 e. The second-order valence-corrected chi connectivity index (χ2v) is 8.42. The van der Waals surface area contributed by atoms with E-state index in [0.29, 0.717) is 18.2 Å². The van der Waals surface area contributed by atoms with Gasteiger partial charge < -0.3 is 13.9 Å². The van der Waals surface area contributed by atoms with Crippen molar-refractivity contribution in [3.8, 4) is 11.5 Å². The molecule has 1 aromatic carbocycles. The van der Waals surface area contributed by atoms with Crippen molar-refractivity contribution < 1.29 is 9.21 Å². The van der Waals surface area contributed by atoms with Crippen molar-refractivity contribution in [2.45, 2.75) is 44.6 Å². The summed E-state index contributed by atoms with van der Waals surface area (Å²) in [5.41, 5.74) is 3.31. The Bertz CT molecular complexity index is 1210. The Morgan fingerprint density at radius 2 is 2.06 bits per heavy atom. The van der Waals surface area contributed by atoms with E-state index in [1.54, 1.807) is 12.4 Å². The number of para-hydroxylation sites is 1.